The molecule has 0 aromatic heterocycles. The maximum absolute atomic E-state index is 14.2. The van der Waals surface area contributed by atoms with Gasteiger partial charge >= 0.3 is 5.69 Å². The number of fused-ring (bicyclic) bond motifs is 1. The van der Waals surface area contributed by atoms with Crippen LogP contribution in [0.3, 0.4) is 0 Å². The summed E-state index contributed by atoms with van der Waals surface area (Å²) in [6.07, 6.45) is 1.25. The molecule has 1 atom stereocenters. The largest absolute Gasteiger partial charge is 0.453 e. The number of benzene rings is 2. The van der Waals surface area contributed by atoms with E-state index in [4.69, 9.17) is 4.74 Å². The van der Waals surface area contributed by atoms with Crippen molar-refractivity contribution < 1.29 is 23.2 Å². The van der Waals surface area contributed by atoms with Crippen molar-refractivity contribution in [2.45, 2.75) is 32.7 Å². The van der Waals surface area contributed by atoms with Gasteiger partial charge in [-0.3, -0.25) is 14.9 Å². The number of nitrogens with zero attached hydrogens (tertiary/aromatic N) is 2. The lowest BCUT2D eigenvalue weighted by molar-refractivity contribution is -0.387. The molecule has 1 amide bonds. The van der Waals surface area contributed by atoms with Gasteiger partial charge in [0.15, 0.2) is 11.6 Å². The highest BCUT2D eigenvalue weighted by atomic mass is 79.9. The van der Waals surface area contributed by atoms with Crippen LogP contribution in [-0.2, 0) is 11.2 Å². The van der Waals surface area contributed by atoms with E-state index in [0.717, 1.165) is 0 Å². The van der Waals surface area contributed by atoms with E-state index in [2.05, 4.69) is 15.9 Å². The number of hydrogen-bond acceptors (Lipinski definition) is 4. The predicted molar refractivity (Wildman–Crippen MR) is 98.2 cm³/mol. The first kappa shape index (κ1) is 19.2. The number of rotatable bonds is 3. The molecule has 9 heteroatoms. The van der Waals surface area contributed by atoms with E-state index in [-0.39, 0.29) is 17.7 Å². The number of carbonyl (C=O) groups excluding carboxylic acids is 1. The van der Waals surface area contributed by atoms with Crippen molar-refractivity contribution in [3.8, 4) is 11.5 Å². The Bertz CT molecular complexity index is 951. The van der Waals surface area contributed by atoms with Gasteiger partial charge in [-0.15, -0.1) is 0 Å². The Hall–Kier alpha value is -2.55. The highest BCUT2D eigenvalue weighted by Gasteiger charge is 2.30. The first-order valence-corrected chi connectivity index (χ1v) is 8.92. The standard InChI is InChI=1S/C18H15BrF2N2O4/c1-9-3-4-11-15(22(9)10(2)24)6-5-12(19)18(11)27-17-8-13(20)16(23(25)26)7-14(17)21/h5-9H,3-4H2,1-2H3/t9-/m0/s1. The molecule has 2 aromatic carbocycles. The fourth-order valence-electron chi connectivity index (χ4n) is 3.21. The summed E-state index contributed by atoms with van der Waals surface area (Å²) in [5.41, 5.74) is 0.351. The Morgan fingerprint density at radius 3 is 2.67 bits per heavy atom. The van der Waals surface area contributed by atoms with E-state index in [1.54, 1.807) is 17.0 Å². The minimum atomic E-state index is -1.20. The first-order chi connectivity index (χ1) is 12.7. The maximum atomic E-state index is 14.2. The van der Waals surface area contributed by atoms with E-state index < -0.39 is 28.0 Å². The normalized spacial score (nSPS) is 16.0. The summed E-state index contributed by atoms with van der Waals surface area (Å²) in [7, 11) is 0. The molecular formula is C18H15BrF2N2O4. The lowest BCUT2D eigenvalue weighted by Crippen LogP contribution is -2.40. The van der Waals surface area contributed by atoms with Crippen molar-refractivity contribution in [1.82, 2.24) is 0 Å². The zero-order valence-corrected chi connectivity index (χ0v) is 16.0. The number of amides is 1. The van der Waals surface area contributed by atoms with Crippen LogP contribution in [0.1, 0.15) is 25.8 Å². The van der Waals surface area contributed by atoms with Gasteiger partial charge in [-0.05, 0) is 47.8 Å². The third-order valence-corrected chi connectivity index (χ3v) is 5.07. The molecule has 1 aliphatic heterocycles. The number of halogens is 3. The lowest BCUT2D eigenvalue weighted by atomic mass is 9.95. The van der Waals surface area contributed by atoms with Crippen LogP contribution in [0, 0.1) is 21.7 Å². The number of hydrogen-bond donors (Lipinski definition) is 0. The highest BCUT2D eigenvalue weighted by Crippen LogP contribution is 2.43. The van der Waals surface area contributed by atoms with Crippen LogP contribution >= 0.6 is 15.9 Å². The maximum Gasteiger partial charge on any atom is 0.307 e. The zero-order valence-electron chi connectivity index (χ0n) is 14.5. The Labute approximate surface area is 162 Å². The Kier molecular flexibility index (Phi) is 5.14. The molecule has 0 saturated carbocycles. The quantitative estimate of drug-likeness (QED) is 0.490. The Morgan fingerprint density at radius 1 is 1.33 bits per heavy atom. The van der Waals surface area contributed by atoms with E-state index in [1.165, 1.54) is 6.92 Å². The monoisotopic (exact) mass is 440 g/mol. The second-order valence-corrected chi connectivity index (χ2v) is 7.10. The lowest BCUT2D eigenvalue weighted by Gasteiger charge is -2.35. The van der Waals surface area contributed by atoms with Gasteiger partial charge in [-0.2, -0.15) is 4.39 Å². The number of ether oxygens (including phenoxy) is 1. The van der Waals surface area contributed by atoms with Crippen molar-refractivity contribution in [2.24, 2.45) is 0 Å². The van der Waals surface area contributed by atoms with Gasteiger partial charge in [0.25, 0.3) is 0 Å². The van der Waals surface area contributed by atoms with Crippen molar-refractivity contribution in [3.63, 3.8) is 0 Å². The van der Waals surface area contributed by atoms with Crippen LogP contribution in [-0.4, -0.2) is 16.9 Å². The summed E-state index contributed by atoms with van der Waals surface area (Å²) in [5, 5.41) is 10.7. The van der Waals surface area contributed by atoms with Crippen molar-refractivity contribution in [3.05, 3.63) is 56.1 Å². The molecule has 27 heavy (non-hydrogen) atoms. The average molecular weight is 441 g/mol. The molecule has 1 heterocycles. The minimum Gasteiger partial charge on any atom is -0.453 e. The Morgan fingerprint density at radius 2 is 2.04 bits per heavy atom. The molecule has 0 unspecified atom stereocenters. The zero-order chi connectivity index (χ0) is 19.9. The van der Waals surface area contributed by atoms with E-state index in [0.29, 0.717) is 40.7 Å². The number of nitro benzene ring substituents is 1. The molecule has 6 nitrogen and oxygen atoms in total. The summed E-state index contributed by atoms with van der Waals surface area (Å²) in [6, 6.07) is 4.54. The summed E-state index contributed by atoms with van der Waals surface area (Å²) >= 11 is 3.33. The molecule has 0 bridgehead atoms. The third-order valence-electron chi connectivity index (χ3n) is 4.45. The van der Waals surface area contributed by atoms with Crippen LogP contribution in [0.4, 0.5) is 20.2 Å². The van der Waals surface area contributed by atoms with Gasteiger partial charge in [0.2, 0.25) is 11.7 Å². The van der Waals surface area contributed by atoms with Gasteiger partial charge in [0, 0.05) is 24.6 Å². The molecule has 142 valence electrons. The van der Waals surface area contributed by atoms with Crippen molar-refractivity contribution in [2.75, 3.05) is 4.90 Å². The fraction of sp³-hybridized carbons (Fsp3) is 0.278. The summed E-state index contributed by atoms with van der Waals surface area (Å²) in [4.78, 5) is 23.4. The van der Waals surface area contributed by atoms with E-state index in [9.17, 15) is 23.7 Å². The third kappa shape index (κ3) is 3.51. The minimum absolute atomic E-state index is 0.00224. The van der Waals surface area contributed by atoms with Crippen LogP contribution in [0.5, 0.6) is 11.5 Å². The van der Waals surface area contributed by atoms with Gasteiger partial charge in [-0.25, -0.2) is 4.39 Å². The second-order valence-electron chi connectivity index (χ2n) is 6.24. The van der Waals surface area contributed by atoms with Crippen LogP contribution < -0.4 is 9.64 Å². The number of carbonyl (C=O) groups is 1. The molecule has 0 spiro atoms. The highest BCUT2D eigenvalue weighted by molar-refractivity contribution is 9.10. The molecule has 0 fully saturated rings. The molecule has 2 aromatic rings. The van der Waals surface area contributed by atoms with Crippen molar-refractivity contribution in [1.29, 1.82) is 0 Å². The van der Waals surface area contributed by atoms with Gasteiger partial charge in [0.05, 0.1) is 21.1 Å². The van der Waals surface area contributed by atoms with Gasteiger partial charge in [-0.1, -0.05) is 0 Å². The van der Waals surface area contributed by atoms with Crippen LogP contribution in [0.15, 0.2) is 28.7 Å². The average Bonchev–Trinajstić information content (AvgIpc) is 2.59. The van der Waals surface area contributed by atoms with Crippen molar-refractivity contribution >= 4 is 33.2 Å². The summed E-state index contributed by atoms with van der Waals surface area (Å²) in [6.45, 7) is 3.39. The second kappa shape index (κ2) is 7.22. The molecule has 1 aliphatic rings. The molecule has 0 N–H and O–H groups in total. The predicted octanol–water partition coefficient (Wildman–Crippen LogP) is 5.12. The molecule has 0 aliphatic carbocycles. The van der Waals surface area contributed by atoms with Gasteiger partial charge in [0.1, 0.15) is 5.75 Å². The smallest absolute Gasteiger partial charge is 0.307 e. The SMILES string of the molecule is CC(=O)N1c2ccc(Br)c(Oc3cc(F)c([N+](=O)[O-])cc3F)c2CC[C@@H]1C. The fourth-order valence-corrected chi connectivity index (χ4v) is 3.66. The number of nitro groups is 1. The molecule has 0 radical (unpaired) electrons. The molecular weight excluding hydrogens is 426 g/mol. The first-order valence-electron chi connectivity index (χ1n) is 8.13. The Balaban J connectivity index is 2.08. The van der Waals surface area contributed by atoms with E-state index >= 15 is 0 Å². The van der Waals surface area contributed by atoms with Crippen LogP contribution in [0.25, 0.3) is 0 Å². The summed E-state index contributed by atoms with van der Waals surface area (Å²) < 4.78 is 34.2. The topological polar surface area (TPSA) is 72.7 Å². The number of anilines is 1. The van der Waals surface area contributed by atoms with Crippen LogP contribution in [0.2, 0.25) is 0 Å². The molecule has 0 saturated heterocycles. The molecule has 3 rings (SSSR count). The van der Waals surface area contributed by atoms with Gasteiger partial charge < -0.3 is 9.64 Å². The summed E-state index contributed by atoms with van der Waals surface area (Å²) in [5.74, 6) is -2.61. The van der Waals surface area contributed by atoms with E-state index in [1.807, 2.05) is 6.92 Å².